The molecular formula is C12H26N2O2. The van der Waals surface area contributed by atoms with Crippen molar-refractivity contribution in [3.63, 3.8) is 0 Å². The summed E-state index contributed by atoms with van der Waals surface area (Å²) < 4.78 is 5.28. The van der Waals surface area contributed by atoms with E-state index in [2.05, 4.69) is 17.1 Å². The molecule has 0 aromatic heterocycles. The summed E-state index contributed by atoms with van der Waals surface area (Å²) in [6.45, 7) is 10.3. The van der Waals surface area contributed by atoms with E-state index in [1.807, 2.05) is 41.8 Å². The molecule has 4 heteroatoms. The van der Waals surface area contributed by atoms with E-state index in [1.165, 1.54) is 0 Å². The average Bonchev–Trinajstić information content (AvgIpc) is 2.10. The van der Waals surface area contributed by atoms with Crippen molar-refractivity contribution in [3.8, 4) is 0 Å². The van der Waals surface area contributed by atoms with Gasteiger partial charge in [-0.05, 0) is 48.7 Å². The molecule has 0 saturated carbocycles. The van der Waals surface area contributed by atoms with Crippen molar-refractivity contribution in [3.05, 3.63) is 0 Å². The van der Waals surface area contributed by atoms with Gasteiger partial charge in [0.25, 0.3) is 0 Å². The fourth-order valence-electron chi connectivity index (χ4n) is 1.00. The Morgan fingerprint density at radius 1 is 1.31 bits per heavy atom. The minimum absolute atomic E-state index is 0.196. The van der Waals surface area contributed by atoms with Crippen LogP contribution in [0.25, 0.3) is 0 Å². The van der Waals surface area contributed by atoms with Crippen molar-refractivity contribution < 1.29 is 9.53 Å². The van der Waals surface area contributed by atoms with Crippen LogP contribution < -0.4 is 5.32 Å². The number of hydrogen-bond acceptors (Lipinski definition) is 4. The van der Waals surface area contributed by atoms with Crippen LogP contribution in [0.3, 0.4) is 0 Å². The second-order valence-corrected chi connectivity index (χ2v) is 5.48. The van der Waals surface area contributed by atoms with Crippen molar-refractivity contribution >= 4 is 5.97 Å². The molecule has 16 heavy (non-hydrogen) atoms. The molecule has 0 saturated heterocycles. The summed E-state index contributed by atoms with van der Waals surface area (Å²) in [5.41, 5.74) is -0.416. The lowest BCUT2D eigenvalue weighted by Gasteiger charge is -2.25. The Balaban J connectivity index is 3.98. The molecule has 0 radical (unpaired) electrons. The third-order valence-corrected chi connectivity index (χ3v) is 2.36. The van der Waals surface area contributed by atoms with Crippen molar-refractivity contribution in [2.24, 2.45) is 0 Å². The van der Waals surface area contributed by atoms with E-state index in [1.54, 1.807) is 0 Å². The first-order chi connectivity index (χ1) is 7.13. The third-order valence-electron chi connectivity index (χ3n) is 2.36. The first-order valence-corrected chi connectivity index (χ1v) is 5.76. The lowest BCUT2D eigenvalue weighted by Crippen LogP contribution is -2.44. The Morgan fingerprint density at radius 2 is 1.81 bits per heavy atom. The topological polar surface area (TPSA) is 41.6 Å². The molecule has 0 bridgehead atoms. The highest BCUT2D eigenvalue weighted by Crippen LogP contribution is 2.08. The van der Waals surface area contributed by atoms with Gasteiger partial charge in [-0.1, -0.05) is 0 Å². The van der Waals surface area contributed by atoms with Crippen LogP contribution in [0.1, 0.15) is 34.6 Å². The molecular weight excluding hydrogens is 204 g/mol. The zero-order valence-electron chi connectivity index (χ0n) is 11.6. The normalized spacial score (nSPS) is 16.0. The average molecular weight is 230 g/mol. The van der Waals surface area contributed by atoms with Gasteiger partial charge in [-0.15, -0.1) is 0 Å². The lowest BCUT2D eigenvalue weighted by atomic mass is 10.2. The van der Waals surface area contributed by atoms with Crippen LogP contribution in [0.2, 0.25) is 0 Å². The minimum Gasteiger partial charge on any atom is -0.459 e. The van der Waals surface area contributed by atoms with E-state index in [0.29, 0.717) is 6.04 Å². The molecule has 4 nitrogen and oxygen atoms in total. The Bertz CT molecular complexity index is 222. The number of rotatable bonds is 5. The van der Waals surface area contributed by atoms with Gasteiger partial charge in [0.1, 0.15) is 11.6 Å². The largest absolute Gasteiger partial charge is 0.459 e. The van der Waals surface area contributed by atoms with Gasteiger partial charge >= 0.3 is 5.97 Å². The summed E-state index contributed by atoms with van der Waals surface area (Å²) in [4.78, 5) is 13.7. The quantitative estimate of drug-likeness (QED) is 0.722. The van der Waals surface area contributed by atoms with Crippen LogP contribution in [0.5, 0.6) is 0 Å². The standard InChI is InChI=1S/C12H26N2O2/c1-9(14(6)7)8-13-10(2)11(15)16-12(3,4)5/h9-10,13H,8H2,1-7H3. The maximum atomic E-state index is 11.6. The number of carbonyl (C=O) groups excluding carboxylic acids is 1. The summed E-state index contributed by atoms with van der Waals surface area (Å²) in [5.74, 6) is -0.196. The highest BCUT2D eigenvalue weighted by atomic mass is 16.6. The number of hydrogen-bond donors (Lipinski definition) is 1. The third kappa shape index (κ3) is 6.80. The van der Waals surface area contributed by atoms with Crippen LogP contribution in [0.4, 0.5) is 0 Å². The number of esters is 1. The molecule has 0 fully saturated rings. The fraction of sp³-hybridized carbons (Fsp3) is 0.917. The van der Waals surface area contributed by atoms with Gasteiger partial charge in [-0.3, -0.25) is 4.79 Å². The zero-order valence-corrected chi connectivity index (χ0v) is 11.6. The summed E-state index contributed by atoms with van der Waals surface area (Å²) in [6.07, 6.45) is 0. The molecule has 0 aromatic carbocycles. The predicted octanol–water partition coefficient (Wildman–Crippen LogP) is 1.26. The number of likely N-dealkylation sites (N-methyl/N-ethyl adjacent to an activating group) is 1. The zero-order chi connectivity index (χ0) is 12.9. The van der Waals surface area contributed by atoms with E-state index in [0.717, 1.165) is 6.54 Å². The van der Waals surface area contributed by atoms with Gasteiger partial charge in [0.05, 0.1) is 0 Å². The van der Waals surface area contributed by atoms with E-state index in [-0.39, 0.29) is 12.0 Å². The van der Waals surface area contributed by atoms with Gasteiger partial charge in [0.15, 0.2) is 0 Å². The number of ether oxygens (including phenoxy) is 1. The Hall–Kier alpha value is -0.610. The van der Waals surface area contributed by atoms with E-state index < -0.39 is 5.60 Å². The number of nitrogens with one attached hydrogen (secondary N) is 1. The predicted molar refractivity (Wildman–Crippen MR) is 66.5 cm³/mol. The van der Waals surface area contributed by atoms with Gasteiger partial charge in [-0.25, -0.2) is 0 Å². The van der Waals surface area contributed by atoms with Gasteiger partial charge in [0.2, 0.25) is 0 Å². The van der Waals surface area contributed by atoms with E-state index >= 15 is 0 Å². The highest BCUT2D eigenvalue weighted by Gasteiger charge is 2.21. The second-order valence-electron chi connectivity index (χ2n) is 5.48. The Kier molecular flexibility index (Phi) is 5.97. The molecule has 0 aliphatic heterocycles. The van der Waals surface area contributed by atoms with Crippen molar-refractivity contribution in [2.45, 2.75) is 52.3 Å². The number of nitrogens with zero attached hydrogens (tertiary/aromatic N) is 1. The molecule has 1 N–H and O–H groups in total. The van der Waals surface area contributed by atoms with Gasteiger partial charge in [-0.2, -0.15) is 0 Å². The summed E-state index contributed by atoms with van der Waals surface area (Å²) >= 11 is 0. The molecule has 0 aliphatic carbocycles. The smallest absolute Gasteiger partial charge is 0.323 e. The summed E-state index contributed by atoms with van der Waals surface area (Å²) in [7, 11) is 4.04. The van der Waals surface area contributed by atoms with Crippen molar-refractivity contribution in [1.29, 1.82) is 0 Å². The molecule has 0 aliphatic rings. The summed E-state index contributed by atoms with van der Waals surface area (Å²) in [5, 5.41) is 3.17. The molecule has 0 rings (SSSR count). The first-order valence-electron chi connectivity index (χ1n) is 5.76. The second kappa shape index (κ2) is 6.21. The molecule has 0 amide bonds. The molecule has 2 unspecified atom stereocenters. The van der Waals surface area contributed by atoms with Crippen LogP contribution >= 0.6 is 0 Å². The van der Waals surface area contributed by atoms with Gasteiger partial charge in [0, 0.05) is 12.6 Å². The summed E-state index contributed by atoms with van der Waals surface area (Å²) in [6, 6.07) is 0.131. The molecule has 0 spiro atoms. The van der Waals surface area contributed by atoms with Crippen molar-refractivity contribution in [2.75, 3.05) is 20.6 Å². The highest BCUT2D eigenvalue weighted by molar-refractivity contribution is 5.75. The monoisotopic (exact) mass is 230 g/mol. The molecule has 96 valence electrons. The minimum atomic E-state index is -0.416. The van der Waals surface area contributed by atoms with E-state index in [9.17, 15) is 4.79 Å². The SMILES string of the molecule is CC(NCC(C)N(C)C)C(=O)OC(C)(C)C. The maximum absolute atomic E-state index is 11.6. The van der Waals surface area contributed by atoms with E-state index in [4.69, 9.17) is 4.74 Å². The lowest BCUT2D eigenvalue weighted by molar-refractivity contribution is -0.157. The molecule has 0 aromatic rings. The van der Waals surface area contributed by atoms with Gasteiger partial charge < -0.3 is 15.0 Å². The van der Waals surface area contributed by atoms with Crippen LogP contribution in [0.15, 0.2) is 0 Å². The maximum Gasteiger partial charge on any atom is 0.323 e. The van der Waals surface area contributed by atoms with Crippen molar-refractivity contribution in [1.82, 2.24) is 10.2 Å². The van der Waals surface area contributed by atoms with Crippen LogP contribution in [-0.4, -0.2) is 49.2 Å². The van der Waals surface area contributed by atoms with Crippen LogP contribution in [0, 0.1) is 0 Å². The molecule has 2 atom stereocenters. The first kappa shape index (κ1) is 15.4. The number of carbonyl (C=O) groups is 1. The Morgan fingerprint density at radius 3 is 2.19 bits per heavy atom. The Labute approximate surface area is 99.3 Å². The fourth-order valence-corrected chi connectivity index (χ4v) is 1.00. The molecule has 0 heterocycles. The van der Waals surface area contributed by atoms with Crippen LogP contribution in [-0.2, 0) is 9.53 Å².